The average Bonchev–Trinajstić information content (AvgIpc) is 2.36. The van der Waals surface area contributed by atoms with Crippen LogP contribution in [0.15, 0.2) is 11.5 Å². The Morgan fingerprint density at radius 3 is 3.00 bits per heavy atom. The van der Waals surface area contributed by atoms with Gasteiger partial charge in [0, 0.05) is 12.8 Å². The molecule has 0 amide bonds. The third-order valence-corrected chi connectivity index (χ3v) is 2.50. The van der Waals surface area contributed by atoms with Gasteiger partial charge in [-0.25, -0.2) is 0 Å². The molecule has 0 aromatic carbocycles. The summed E-state index contributed by atoms with van der Waals surface area (Å²) < 4.78 is 1.87. The van der Waals surface area contributed by atoms with Gasteiger partial charge < -0.3 is 9.67 Å². The van der Waals surface area contributed by atoms with Gasteiger partial charge in [0.1, 0.15) is 6.33 Å². The second-order valence-corrected chi connectivity index (χ2v) is 3.77. The molecule has 1 heterocycles. The lowest BCUT2D eigenvalue weighted by Gasteiger charge is -2.02. The van der Waals surface area contributed by atoms with Gasteiger partial charge in [0.05, 0.1) is 6.10 Å². The first-order chi connectivity index (χ1) is 5.70. The van der Waals surface area contributed by atoms with Crippen LogP contribution in [0.4, 0.5) is 0 Å². The van der Waals surface area contributed by atoms with E-state index in [1.54, 1.807) is 25.0 Å². The lowest BCUT2D eigenvalue weighted by Crippen LogP contribution is -2.01. The van der Waals surface area contributed by atoms with Gasteiger partial charge in [0.25, 0.3) is 0 Å². The Labute approximate surface area is 76.0 Å². The smallest absolute Gasteiger partial charge is 0.190 e. The Morgan fingerprint density at radius 1 is 1.75 bits per heavy atom. The van der Waals surface area contributed by atoms with Crippen molar-refractivity contribution in [2.75, 3.05) is 5.75 Å². The molecule has 0 aliphatic rings. The molecular formula is C7H13N3OS. The molecule has 0 aliphatic heterocycles. The van der Waals surface area contributed by atoms with Crippen LogP contribution in [0.1, 0.15) is 13.3 Å². The van der Waals surface area contributed by atoms with Crippen LogP contribution >= 0.6 is 11.8 Å². The Balaban J connectivity index is 2.29. The van der Waals surface area contributed by atoms with E-state index in [0.717, 1.165) is 17.3 Å². The van der Waals surface area contributed by atoms with Crippen LogP contribution < -0.4 is 0 Å². The zero-order valence-electron chi connectivity index (χ0n) is 7.27. The van der Waals surface area contributed by atoms with Gasteiger partial charge in [-0.2, -0.15) is 0 Å². The maximum atomic E-state index is 8.99. The molecule has 12 heavy (non-hydrogen) atoms. The van der Waals surface area contributed by atoms with Crippen molar-refractivity contribution >= 4 is 11.8 Å². The Morgan fingerprint density at radius 2 is 2.50 bits per heavy atom. The maximum Gasteiger partial charge on any atom is 0.190 e. The van der Waals surface area contributed by atoms with Crippen molar-refractivity contribution in [3.05, 3.63) is 6.33 Å². The molecule has 0 saturated carbocycles. The number of nitrogens with zero attached hydrogens (tertiary/aromatic N) is 3. The highest BCUT2D eigenvalue weighted by molar-refractivity contribution is 7.99. The molecule has 1 atom stereocenters. The number of thioether (sulfide) groups is 1. The van der Waals surface area contributed by atoms with E-state index >= 15 is 0 Å². The van der Waals surface area contributed by atoms with Crippen molar-refractivity contribution in [3.63, 3.8) is 0 Å². The van der Waals surface area contributed by atoms with E-state index in [0.29, 0.717) is 0 Å². The minimum atomic E-state index is -0.231. The Kier molecular flexibility index (Phi) is 3.55. The lowest BCUT2D eigenvalue weighted by molar-refractivity contribution is 0.192. The van der Waals surface area contributed by atoms with E-state index in [1.807, 2.05) is 11.6 Å². The van der Waals surface area contributed by atoms with E-state index in [4.69, 9.17) is 5.11 Å². The Hall–Kier alpha value is -0.550. The fraction of sp³-hybridized carbons (Fsp3) is 0.714. The number of hydrogen-bond acceptors (Lipinski definition) is 4. The minimum absolute atomic E-state index is 0.231. The molecule has 0 fully saturated rings. The maximum absolute atomic E-state index is 8.99. The topological polar surface area (TPSA) is 50.9 Å². The summed E-state index contributed by atoms with van der Waals surface area (Å²) in [4.78, 5) is 0. The van der Waals surface area contributed by atoms with E-state index < -0.39 is 0 Å². The second kappa shape index (κ2) is 4.47. The summed E-state index contributed by atoms with van der Waals surface area (Å²) in [7, 11) is 1.91. The fourth-order valence-corrected chi connectivity index (χ4v) is 1.72. The van der Waals surface area contributed by atoms with Crippen molar-refractivity contribution in [1.29, 1.82) is 0 Å². The highest BCUT2D eigenvalue weighted by Crippen LogP contribution is 2.14. The summed E-state index contributed by atoms with van der Waals surface area (Å²) in [5, 5.41) is 17.5. The highest BCUT2D eigenvalue weighted by atomic mass is 32.2. The summed E-state index contributed by atoms with van der Waals surface area (Å²) in [6.45, 7) is 1.79. The van der Waals surface area contributed by atoms with Gasteiger partial charge in [-0.1, -0.05) is 11.8 Å². The summed E-state index contributed by atoms with van der Waals surface area (Å²) in [5.74, 6) is 0.879. The molecule has 1 rings (SSSR count). The summed E-state index contributed by atoms with van der Waals surface area (Å²) >= 11 is 1.61. The summed E-state index contributed by atoms with van der Waals surface area (Å²) in [6.07, 6.45) is 2.23. The monoisotopic (exact) mass is 187 g/mol. The predicted octanol–water partition coefficient (Wildman–Crippen LogP) is 0.678. The third kappa shape index (κ3) is 2.83. The van der Waals surface area contributed by atoms with Gasteiger partial charge in [-0.3, -0.25) is 0 Å². The van der Waals surface area contributed by atoms with E-state index in [-0.39, 0.29) is 6.10 Å². The lowest BCUT2D eigenvalue weighted by atomic mass is 10.3. The number of aliphatic hydroxyl groups is 1. The normalized spacial score (nSPS) is 13.2. The molecule has 4 nitrogen and oxygen atoms in total. The van der Waals surface area contributed by atoms with Crippen molar-refractivity contribution in [2.45, 2.75) is 24.6 Å². The first-order valence-corrected chi connectivity index (χ1v) is 4.83. The number of aromatic nitrogens is 3. The van der Waals surface area contributed by atoms with E-state index in [2.05, 4.69) is 10.2 Å². The van der Waals surface area contributed by atoms with Crippen LogP contribution in [-0.4, -0.2) is 31.7 Å². The van der Waals surface area contributed by atoms with E-state index in [9.17, 15) is 0 Å². The highest BCUT2D eigenvalue weighted by Gasteiger charge is 2.01. The van der Waals surface area contributed by atoms with Gasteiger partial charge in [-0.15, -0.1) is 10.2 Å². The summed E-state index contributed by atoms with van der Waals surface area (Å²) in [6, 6.07) is 0. The van der Waals surface area contributed by atoms with E-state index in [1.165, 1.54) is 0 Å². The van der Waals surface area contributed by atoms with Crippen molar-refractivity contribution in [3.8, 4) is 0 Å². The van der Waals surface area contributed by atoms with Crippen molar-refractivity contribution in [2.24, 2.45) is 7.05 Å². The molecule has 0 spiro atoms. The molecule has 1 aromatic heterocycles. The fourth-order valence-electron chi connectivity index (χ4n) is 0.724. The molecule has 5 heteroatoms. The SMILES string of the molecule is CC(O)CCSc1nncn1C. The van der Waals surface area contributed by atoms with Gasteiger partial charge >= 0.3 is 0 Å². The molecule has 0 radical (unpaired) electrons. The minimum Gasteiger partial charge on any atom is -0.393 e. The Bertz CT molecular complexity index is 236. The molecule has 1 aromatic rings. The first kappa shape index (κ1) is 9.54. The summed E-state index contributed by atoms with van der Waals surface area (Å²) in [5.41, 5.74) is 0. The van der Waals surface area contributed by atoms with Crippen LogP contribution in [-0.2, 0) is 7.05 Å². The van der Waals surface area contributed by atoms with Crippen LogP contribution in [0.2, 0.25) is 0 Å². The molecule has 1 unspecified atom stereocenters. The first-order valence-electron chi connectivity index (χ1n) is 3.85. The number of aryl methyl sites for hydroxylation is 1. The second-order valence-electron chi connectivity index (χ2n) is 2.71. The molecule has 0 bridgehead atoms. The van der Waals surface area contributed by atoms with Crippen LogP contribution in [0.3, 0.4) is 0 Å². The van der Waals surface area contributed by atoms with Gasteiger partial charge in [0.2, 0.25) is 0 Å². The quantitative estimate of drug-likeness (QED) is 0.704. The van der Waals surface area contributed by atoms with Crippen molar-refractivity contribution in [1.82, 2.24) is 14.8 Å². The van der Waals surface area contributed by atoms with Gasteiger partial charge in [0.15, 0.2) is 5.16 Å². The zero-order chi connectivity index (χ0) is 8.97. The molecule has 0 saturated heterocycles. The van der Waals surface area contributed by atoms with Crippen molar-refractivity contribution < 1.29 is 5.11 Å². The van der Waals surface area contributed by atoms with Crippen LogP contribution in [0.5, 0.6) is 0 Å². The number of hydrogen-bond donors (Lipinski definition) is 1. The zero-order valence-corrected chi connectivity index (χ0v) is 8.08. The number of rotatable bonds is 4. The molecular weight excluding hydrogens is 174 g/mol. The average molecular weight is 187 g/mol. The van der Waals surface area contributed by atoms with Crippen LogP contribution in [0.25, 0.3) is 0 Å². The largest absolute Gasteiger partial charge is 0.393 e. The third-order valence-electron chi connectivity index (χ3n) is 1.44. The number of aliphatic hydroxyl groups excluding tert-OH is 1. The molecule has 0 aliphatic carbocycles. The molecule has 68 valence electrons. The van der Waals surface area contributed by atoms with Gasteiger partial charge in [-0.05, 0) is 13.3 Å². The van der Waals surface area contributed by atoms with Crippen LogP contribution in [0, 0.1) is 0 Å². The predicted molar refractivity (Wildman–Crippen MR) is 48.0 cm³/mol. The molecule has 1 N–H and O–H groups in total. The standard InChI is InChI=1S/C7H13N3OS/c1-6(11)3-4-12-7-9-8-5-10(7)2/h5-6,11H,3-4H2,1-2H3.